The van der Waals surface area contributed by atoms with Crippen LogP contribution in [0.4, 0.5) is 18.9 Å². The highest BCUT2D eigenvalue weighted by Gasteiger charge is 2.17. The fraction of sp³-hybridized carbons (Fsp3) is 0. The van der Waals surface area contributed by atoms with Gasteiger partial charge in [-0.05, 0) is 24.3 Å². The predicted octanol–water partition coefficient (Wildman–Crippen LogP) is 3.81. The van der Waals surface area contributed by atoms with Gasteiger partial charge in [-0.15, -0.1) is 10.2 Å². The molecule has 0 saturated heterocycles. The number of benzene rings is 2. The first kappa shape index (κ1) is 15.7. The van der Waals surface area contributed by atoms with E-state index in [0.29, 0.717) is 5.69 Å². The Morgan fingerprint density at radius 1 is 0.833 bits per heavy atom. The maximum Gasteiger partial charge on any atom is 0.276 e. The van der Waals surface area contributed by atoms with E-state index in [1.54, 1.807) is 6.07 Å². The quantitative estimate of drug-likeness (QED) is 0.743. The van der Waals surface area contributed by atoms with E-state index in [-0.39, 0.29) is 5.69 Å². The topological polar surface area (TPSA) is 54.9 Å². The molecule has 1 N–H and O–H groups in total. The highest BCUT2D eigenvalue weighted by atomic mass is 19.2. The van der Waals surface area contributed by atoms with Gasteiger partial charge >= 0.3 is 0 Å². The summed E-state index contributed by atoms with van der Waals surface area (Å²) >= 11 is 0. The van der Waals surface area contributed by atoms with E-state index in [1.165, 1.54) is 6.07 Å². The molecule has 24 heavy (non-hydrogen) atoms. The maximum absolute atomic E-state index is 13.6. The first-order valence-corrected chi connectivity index (χ1v) is 6.90. The summed E-state index contributed by atoms with van der Waals surface area (Å²) in [5, 5.41) is 9.83. The van der Waals surface area contributed by atoms with Crippen LogP contribution in [-0.4, -0.2) is 16.1 Å². The third-order valence-corrected chi connectivity index (χ3v) is 3.25. The Bertz CT molecular complexity index is 884. The highest BCUT2D eigenvalue weighted by molar-refractivity contribution is 6.02. The van der Waals surface area contributed by atoms with Gasteiger partial charge in [0.15, 0.2) is 23.1 Å². The molecule has 4 nitrogen and oxygen atoms in total. The van der Waals surface area contributed by atoms with Gasteiger partial charge in [0.1, 0.15) is 0 Å². The molecule has 2 aromatic carbocycles. The lowest BCUT2D eigenvalue weighted by Gasteiger charge is -2.07. The second-order valence-corrected chi connectivity index (χ2v) is 4.85. The summed E-state index contributed by atoms with van der Waals surface area (Å²) in [4.78, 5) is 12.0. The third-order valence-electron chi connectivity index (χ3n) is 3.25. The van der Waals surface area contributed by atoms with Crippen LogP contribution in [-0.2, 0) is 0 Å². The molecule has 3 aromatic rings. The van der Waals surface area contributed by atoms with Crippen molar-refractivity contribution >= 4 is 11.6 Å². The number of hydrogen-bond donors (Lipinski definition) is 1. The fourth-order valence-corrected chi connectivity index (χ4v) is 2.03. The van der Waals surface area contributed by atoms with Crippen LogP contribution in [0.5, 0.6) is 0 Å². The van der Waals surface area contributed by atoms with Crippen LogP contribution in [0.1, 0.15) is 10.5 Å². The molecule has 0 aliphatic carbocycles. The second-order valence-electron chi connectivity index (χ2n) is 4.85. The van der Waals surface area contributed by atoms with E-state index in [1.807, 2.05) is 30.3 Å². The SMILES string of the molecule is O=C(Nc1ccc(F)c(F)c1F)c1ccc(-c2ccccc2)nn1. The van der Waals surface area contributed by atoms with Crippen molar-refractivity contribution in [2.24, 2.45) is 0 Å². The first-order valence-electron chi connectivity index (χ1n) is 6.90. The highest BCUT2D eigenvalue weighted by Crippen LogP contribution is 2.20. The predicted molar refractivity (Wildman–Crippen MR) is 81.7 cm³/mol. The van der Waals surface area contributed by atoms with E-state index in [0.717, 1.165) is 17.7 Å². The standard InChI is InChI=1S/C17H10F3N3O/c18-11-6-7-13(16(20)15(11)19)21-17(24)14-9-8-12(22-23-14)10-4-2-1-3-5-10/h1-9H,(H,21,24). The number of aromatic nitrogens is 2. The van der Waals surface area contributed by atoms with Crippen molar-refractivity contribution in [2.75, 3.05) is 5.32 Å². The van der Waals surface area contributed by atoms with Gasteiger partial charge in [0.25, 0.3) is 5.91 Å². The molecule has 1 aromatic heterocycles. The molecule has 0 aliphatic heterocycles. The number of hydrogen-bond acceptors (Lipinski definition) is 3. The van der Waals surface area contributed by atoms with Crippen molar-refractivity contribution in [3.63, 3.8) is 0 Å². The zero-order valence-electron chi connectivity index (χ0n) is 12.1. The average molecular weight is 329 g/mol. The molecular formula is C17H10F3N3O. The Labute approximate surface area is 135 Å². The van der Waals surface area contributed by atoms with Crippen molar-refractivity contribution < 1.29 is 18.0 Å². The molecule has 3 rings (SSSR count). The molecule has 0 atom stereocenters. The summed E-state index contributed by atoms with van der Waals surface area (Å²) in [7, 11) is 0. The molecule has 0 saturated carbocycles. The molecule has 0 fully saturated rings. The lowest BCUT2D eigenvalue weighted by atomic mass is 10.1. The zero-order chi connectivity index (χ0) is 17.1. The van der Waals surface area contributed by atoms with Crippen molar-refractivity contribution in [3.8, 4) is 11.3 Å². The van der Waals surface area contributed by atoms with Gasteiger partial charge in [0, 0.05) is 5.56 Å². The minimum absolute atomic E-state index is 0.0844. The Hall–Kier alpha value is -3.22. The van der Waals surface area contributed by atoms with Crippen LogP contribution in [0.25, 0.3) is 11.3 Å². The van der Waals surface area contributed by atoms with Gasteiger partial charge in [-0.25, -0.2) is 13.2 Å². The lowest BCUT2D eigenvalue weighted by molar-refractivity contribution is 0.102. The van der Waals surface area contributed by atoms with Gasteiger partial charge in [0.05, 0.1) is 11.4 Å². The number of carbonyl (C=O) groups is 1. The maximum atomic E-state index is 13.6. The summed E-state index contributed by atoms with van der Waals surface area (Å²) in [5.74, 6) is -5.25. The molecular weight excluding hydrogens is 319 g/mol. The normalized spacial score (nSPS) is 10.5. The largest absolute Gasteiger partial charge is 0.318 e. The lowest BCUT2D eigenvalue weighted by Crippen LogP contribution is -2.16. The minimum atomic E-state index is -1.65. The Morgan fingerprint density at radius 2 is 1.58 bits per heavy atom. The molecule has 1 amide bonds. The van der Waals surface area contributed by atoms with E-state index in [9.17, 15) is 18.0 Å². The van der Waals surface area contributed by atoms with E-state index < -0.39 is 29.0 Å². The third kappa shape index (κ3) is 3.10. The van der Waals surface area contributed by atoms with E-state index in [4.69, 9.17) is 0 Å². The van der Waals surface area contributed by atoms with Crippen molar-refractivity contribution in [1.29, 1.82) is 0 Å². The molecule has 0 aliphatic rings. The second kappa shape index (κ2) is 6.49. The summed E-state index contributed by atoms with van der Waals surface area (Å²) < 4.78 is 39.6. The summed E-state index contributed by atoms with van der Waals surface area (Å²) in [6.07, 6.45) is 0. The molecule has 0 bridgehead atoms. The first-order chi connectivity index (χ1) is 11.6. The van der Waals surface area contributed by atoms with Crippen LogP contribution >= 0.6 is 0 Å². The zero-order valence-corrected chi connectivity index (χ0v) is 12.1. The number of carbonyl (C=O) groups excluding carboxylic acids is 1. The summed E-state index contributed by atoms with van der Waals surface area (Å²) in [6, 6.07) is 13.8. The number of rotatable bonds is 3. The number of halogens is 3. The van der Waals surface area contributed by atoms with Crippen LogP contribution < -0.4 is 5.32 Å². The molecule has 120 valence electrons. The Morgan fingerprint density at radius 3 is 2.25 bits per heavy atom. The van der Waals surface area contributed by atoms with Crippen molar-refractivity contribution in [2.45, 2.75) is 0 Å². The molecule has 0 spiro atoms. The van der Waals surface area contributed by atoms with Gasteiger partial charge in [0.2, 0.25) is 0 Å². The Balaban J connectivity index is 1.80. The average Bonchev–Trinajstić information content (AvgIpc) is 2.63. The van der Waals surface area contributed by atoms with Gasteiger partial charge in [-0.3, -0.25) is 4.79 Å². The summed E-state index contributed by atoms with van der Waals surface area (Å²) in [6.45, 7) is 0. The molecule has 0 radical (unpaired) electrons. The number of nitrogens with zero attached hydrogens (tertiary/aromatic N) is 2. The Kier molecular flexibility index (Phi) is 4.24. The van der Waals surface area contributed by atoms with Crippen LogP contribution in [0, 0.1) is 17.5 Å². The van der Waals surface area contributed by atoms with Gasteiger partial charge in [-0.1, -0.05) is 30.3 Å². The van der Waals surface area contributed by atoms with Crippen LogP contribution in [0.15, 0.2) is 54.6 Å². The molecule has 1 heterocycles. The van der Waals surface area contributed by atoms with Gasteiger partial charge < -0.3 is 5.32 Å². The number of anilines is 1. The van der Waals surface area contributed by atoms with E-state index in [2.05, 4.69) is 15.5 Å². The van der Waals surface area contributed by atoms with Crippen molar-refractivity contribution in [1.82, 2.24) is 10.2 Å². The fourth-order valence-electron chi connectivity index (χ4n) is 2.03. The molecule has 0 unspecified atom stereocenters. The van der Waals surface area contributed by atoms with Crippen molar-refractivity contribution in [3.05, 3.63) is 77.7 Å². The van der Waals surface area contributed by atoms with Crippen LogP contribution in [0.3, 0.4) is 0 Å². The number of amides is 1. The summed E-state index contributed by atoms with van der Waals surface area (Å²) in [5.41, 5.74) is 0.821. The monoisotopic (exact) mass is 329 g/mol. The number of nitrogens with one attached hydrogen (secondary N) is 1. The van der Waals surface area contributed by atoms with Crippen LogP contribution in [0.2, 0.25) is 0 Å². The minimum Gasteiger partial charge on any atom is -0.318 e. The van der Waals surface area contributed by atoms with E-state index >= 15 is 0 Å². The smallest absolute Gasteiger partial charge is 0.276 e. The molecule has 7 heteroatoms. The van der Waals surface area contributed by atoms with Gasteiger partial charge in [-0.2, -0.15) is 0 Å².